The Balaban J connectivity index is 2.27. The van der Waals surface area contributed by atoms with E-state index < -0.39 is 0 Å². The molecule has 2 rings (SSSR count). The third-order valence-electron chi connectivity index (χ3n) is 2.81. The standard InChI is InChI=1S/C14H10BrCl3FN/c1-7(9-3-2-8(19)4-10(9)15)20-14-6-12(17)11(16)5-13(14)18/h2-7,20H,1H3. The van der Waals surface area contributed by atoms with E-state index in [0.717, 1.165) is 5.56 Å². The SMILES string of the molecule is CC(Nc1cc(Cl)c(Cl)cc1Cl)c1ccc(F)cc1Br. The lowest BCUT2D eigenvalue weighted by Gasteiger charge is -2.18. The maximum absolute atomic E-state index is 13.1. The fourth-order valence-electron chi connectivity index (χ4n) is 1.80. The van der Waals surface area contributed by atoms with E-state index in [4.69, 9.17) is 34.8 Å². The molecular weight excluding hydrogens is 387 g/mol. The van der Waals surface area contributed by atoms with Gasteiger partial charge in [0.25, 0.3) is 0 Å². The van der Waals surface area contributed by atoms with Crippen molar-refractivity contribution in [1.29, 1.82) is 0 Å². The van der Waals surface area contributed by atoms with Gasteiger partial charge >= 0.3 is 0 Å². The second-order valence-corrected chi connectivity index (χ2v) is 6.35. The summed E-state index contributed by atoms with van der Waals surface area (Å²) in [6.07, 6.45) is 0. The van der Waals surface area contributed by atoms with Gasteiger partial charge in [-0.05, 0) is 36.8 Å². The van der Waals surface area contributed by atoms with Crippen LogP contribution in [-0.4, -0.2) is 0 Å². The largest absolute Gasteiger partial charge is 0.377 e. The normalized spacial score (nSPS) is 12.3. The van der Waals surface area contributed by atoms with Crippen molar-refractivity contribution < 1.29 is 4.39 Å². The molecule has 2 aromatic carbocycles. The summed E-state index contributed by atoms with van der Waals surface area (Å²) in [4.78, 5) is 0. The van der Waals surface area contributed by atoms with Crippen LogP contribution in [0.4, 0.5) is 10.1 Å². The lowest BCUT2D eigenvalue weighted by atomic mass is 10.1. The molecule has 0 bridgehead atoms. The Bertz CT molecular complexity index is 649. The van der Waals surface area contributed by atoms with E-state index in [1.54, 1.807) is 18.2 Å². The monoisotopic (exact) mass is 395 g/mol. The Hall–Kier alpha value is -0.480. The molecule has 0 heterocycles. The molecule has 0 aliphatic heterocycles. The van der Waals surface area contributed by atoms with Crippen LogP contribution in [0, 0.1) is 5.82 Å². The Kier molecular flexibility index (Phi) is 5.19. The zero-order chi connectivity index (χ0) is 14.9. The van der Waals surface area contributed by atoms with Gasteiger partial charge in [0.15, 0.2) is 0 Å². The fraction of sp³-hybridized carbons (Fsp3) is 0.143. The maximum atomic E-state index is 13.1. The van der Waals surface area contributed by atoms with Crippen molar-refractivity contribution in [2.75, 3.05) is 5.32 Å². The van der Waals surface area contributed by atoms with Crippen LogP contribution in [0.1, 0.15) is 18.5 Å². The van der Waals surface area contributed by atoms with Crippen molar-refractivity contribution in [3.05, 3.63) is 61.3 Å². The van der Waals surface area contributed by atoms with Crippen LogP contribution < -0.4 is 5.32 Å². The molecule has 0 fully saturated rings. The highest BCUT2D eigenvalue weighted by Crippen LogP contribution is 2.35. The predicted octanol–water partition coefficient (Wildman–Crippen LogP) is 6.72. The Morgan fingerprint density at radius 1 is 1.05 bits per heavy atom. The zero-order valence-corrected chi connectivity index (χ0v) is 14.2. The van der Waals surface area contributed by atoms with Crippen molar-refractivity contribution in [3.8, 4) is 0 Å². The molecule has 1 N–H and O–H groups in total. The second kappa shape index (κ2) is 6.52. The summed E-state index contributed by atoms with van der Waals surface area (Å²) in [5.41, 5.74) is 1.58. The van der Waals surface area contributed by atoms with Gasteiger partial charge in [0.05, 0.1) is 20.8 Å². The molecule has 6 heteroatoms. The summed E-state index contributed by atoms with van der Waals surface area (Å²) in [7, 11) is 0. The third kappa shape index (κ3) is 3.59. The maximum Gasteiger partial charge on any atom is 0.124 e. The number of rotatable bonds is 3. The third-order valence-corrected chi connectivity index (χ3v) is 4.53. The van der Waals surface area contributed by atoms with E-state index in [1.807, 2.05) is 6.92 Å². The van der Waals surface area contributed by atoms with Crippen LogP contribution in [-0.2, 0) is 0 Å². The van der Waals surface area contributed by atoms with Crippen molar-refractivity contribution in [2.45, 2.75) is 13.0 Å². The first-order valence-corrected chi connectivity index (χ1v) is 7.67. The van der Waals surface area contributed by atoms with E-state index >= 15 is 0 Å². The Morgan fingerprint density at radius 2 is 1.70 bits per heavy atom. The van der Waals surface area contributed by atoms with Crippen LogP contribution >= 0.6 is 50.7 Å². The molecule has 0 radical (unpaired) electrons. The lowest BCUT2D eigenvalue weighted by Crippen LogP contribution is -2.08. The summed E-state index contributed by atoms with van der Waals surface area (Å²) < 4.78 is 13.8. The lowest BCUT2D eigenvalue weighted by molar-refractivity contribution is 0.625. The summed E-state index contributed by atoms with van der Waals surface area (Å²) in [6, 6.07) is 7.71. The van der Waals surface area contributed by atoms with Gasteiger partial charge < -0.3 is 5.32 Å². The molecule has 1 nitrogen and oxygen atoms in total. The van der Waals surface area contributed by atoms with Crippen molar-refractivity contribution >= 4 is 56.4 Å². The molecular formula is C14H10BrCl3FN. The number of hydrogen-bond acceptors (Lipinski definition) is 1. The van der Waals surface area contributed by atoms with Gasteiger partial charge in [-0.3, -0.25) is 0 Å². The highest BCUT2D eigenvalue weighted by Gasteiger charge is 2.13. The first-order valence-electron chi connectivity index (χ1n) is 5.74. The van der Waals surface area contributed by atoms with Crippen LogP contribution in [0.2, 0.25) is 15.1 Å². The van der Waals surface area contributed by atoms with Gasteiger partial charge in [0.2, 0.25) is 0 Å². The molecule has 0 amide bonds. The molecule has 20 heavy (non-hydrogen) atoms. The number of nitrogens with one attached hydrogen (secondary N) is 1. The van der Waals surface area contributed by atoms with E-state index in [2.05, 4.69) is 21.2 Å². The summed E-state index contributed by atoms with van der Waals surface area (Å²) in [5, 5.41) is 4.52. The van der Waals surface area contributed by atoms with Crippen molar-refractivity contribution in [2.24, 2.45) is 0 Å². The fourth-order valence-corrected chi connectivity index (χ4v) is 3.09. The molecule has 0 aliphatic carbocycles. The molecule has 106 valence electrons. The van der Waals surface area contributed by atoms with Gasteiger partial charge in [-0.15, -0.1) is 0 Å². The van der Waals surface area contributed by atoms with Crippen molar-refractivity contribution in [1.82, 2.24) is 0 Å². The van der Waals surface area contributed by atoms with E-state index in [1.165, 1.54) is 12.1 Å². The highest BCUT2D eigenvalue weighted by molar-refractivity contribution is 9.10. The van der Waals surface area contributed by atoms with Gasteiger partial charge in [-0.25, -0.2) is 4.39 Å². The molecule has 0 saturated carbocycles. The van der Waals surface area contributed by atoms with Crippen LogP contribution in [0.25, 0.3) is 0 Å². The van der Waals surface area contributed by atoms with Crippen LogP contribution in [0.3, 0.4) is 0 Å². The zero-order valence-electron chi connectivity index (χ0n) is 10.4. The number of anilines is 1. The second-order valence-electron chi connectivity index (χ2n) is 4.28. The van der Waals surface area contributed by atoms with Gasteiger partial charge in [0, 0.05) is 10.5 Å². The predicted molar refractivity (Wildman–Crippen MR) is 87.6 cm³/mol. The molecule has 0 aromatic heterocycles. The molecule has 0 spiro atoms. The van der Waals surface area contributed by atoms with E-state index in [9.17, 15) is 4.39 Å². The number of halogens is 5. The quantitative estimate of drug-likeness (QED) is 0.567. The summed E-state index contributed by atoms with van der Waals surface area (Å²) in [5.74, 6) is -0.291. The summed E-state index contributed by atoms with van der Waals surface area (Å²) >= 11 is 21.3. The van der Waals surface area contributed by atoms with Crippen LogP contribution in [0.15, 0.2) is 34.8 Å². The minimum absolute atomic E-state index is 0.0836. The van der Waals surface area contributed by atoms with Gasteiger partial charge in [0.1, 0.15) is 5.82 Å². The first-order chi connectivity index (χ1) is 9.38. The smallest absolute Gasteiger partial charge is 0.124 e. The van der Waals surface area contributed by atoms with E-state index in [-0.39, 0.29) is 11.9 Å². The first kappa shape index (κ1) is 15.9. The van der Waals surface area contributed by atoms with Gasteiger partial charge in [-0.1, -0.05) is 56.8 Å². The molecule has 1 atom stereocenters. The minimum atomic E-state index is -0.291. The average molecular weight is 398 g/mol. The topological polar surface area (TPSA) is 12.0 Å². The Morgan fingerprint density at radius 3 is 2.35 bits per heavy atom. The Labute approximate surface area is 140 Å². The van der Waals surface area contributed by atoms with Gasteiger partial charge in [-0.2, -0.15) is 0 Å². The molecule has 1 unspecified atom stereocenters. The average Bonchev–Trinajstić information content (AvgIpc) is 2.35. The number of hydrogen-bond donors (Lipinski definition) is 1. The highest BCUT2D eigenvalue weighted by atomic mass is 79.9. The summed E-state index contributed by atoms with van der Waals surface area (Å²) in [6.45, 7) is 1.94. The van der Waals surface area contributed by atoms with Crippen LogP contribution in [0.5, 0.6) is 0 Å². The molecule has 0 saturated heterocycles. The van der Waals surface area contributed by atoms with Crippen molar-refractivity contribution in [3.63, 3.8) is 0 Å². The minimum Gasteiger partial charge on any atom is -0.377 e. The number of benzene rings is 2. The van der Waals surface area contributed by atoms with E-state index in [0.29, 0.717) is 25.2 Å². The molecule has 2 aromatic rings. The molecule has 0 aliphatic rings.